The van der Waals surface area contributed by atoms with Crippen LogP contribution in [0.2, 0.25) is 0 Å². The zero-order valence-electron chi connectivity index (χ0n) is 13.9. The van der Waals surface area contributed by atoms with Crippen LogP contribution >= 0.6 is 11.3 Å². The molecular weight excluding hydrogens is 318 g/mol. The van der Waals surface area contributed by atoms with E-state index in [0.717, 1.165) is 24.4 Å². The van der Waals surface area contributed by atoms with Crippen LogP contribution in [0.5, 0.6) is 0 Å². The molecule has 1 N–H and O–H groups in total. The van der Waals surface area contributed by atoms with Crippen LogP contribution in [0.25, 0.3) is 11.4 Å². The van der Waals surface area contributed by atoms with Crippen molar-refractivity contribution in [2.75, 3.05) is 6.54 Å². The van der Waals surface area contributed by atoms with Gasteiger partial charge in [0, 0.05) is 18.4 Å². The van der Waals surface area contributed by atoms with Gasteiger partial charge in [0.05, 0.1) is 11.4 Å². The lowest BCUT2D eigenvalue weighted by atomic mass is 10.1. The molecule has 1 aliphatic heterocycles. The van der Waals surface area contributed by atoms with E-state index in [4.69, 9.17) is 4.52 Å². The van der Waals surface area contributed by atoms with Gasteiger partial charge in [-0.15, -0.1) is 11.3 Å². The summed E-state index contributed by atoms with van der Waals surface area (Å²) in [5.74, 6) is 1.43. The van der Waals surface area contributed by atoms with E-state index in [1.807, 2.05) is 11.3 Å². The molecule has 4 rings (SSSR count). The van der Waals surface area contributed by atoms with Crippen LogP contribution in [0.3, 0.4) is 0 Å². The van der Waals surface area contributed by atoms with Crippen molar-refractivity contribution in [1.29, 1.82) is 0 Å². The molecule has 1 aromatic carbocycles. The lowest BCUT2D eigenvalue weighted by Gasteiger charge is -2.18. The molecule has 1 saturated heterocycles. The topological polar surface area (TPSA) is 43.4 Å². The van der Waals surface area contributed by atoms with Crippen molar-refractivity contribution < 1.29 is 9.42 Å². The molecule has 2 aromatic heterocycles. The Labute approximate surface area is 146 Å². The number of benzene rings is 1. The van der Waals surface area contributed by atoms with Gasteiger partial charge < -0.3 is 9.42 Å². The summed E-state index contributed by atoms with van der Waals surface area (Å²) in [7, 11) is 0. The SMILES string of the molecule is CCc1ccc(-c2noc(C[NH+]3CCC[C@@H]3c3cccs3)n2)cc1. The maximum absolute atomic E-state index is 5.52. The Morgan fingerprint density at radius 2 is 2.12 bits per heavy atom. The highest BCUT2D eigenvalue weighted by atomic mass is 32.1. The molecule has 24 heavy (non-hydrogen) atoms. The van der Waals surface area contributed by atoms with E-state index < -0.39 is 0 Å². The molecular formula is C19H22N3OS+. The van der Waals surface area contributed by atoms with E-state index in [1.54, 1.807) is 0 Å². The highest BCUT2D eigenvalue weighted by Crippen LogP contribution is 2.24. The van der Waals surface area contributed by atoms with Gasteiger partial charge in [0.2, 0.25) is 5.82 Å². The molecule has 0 radical (unpaired) electrons. The van der Waals surface area contributed by atoms with E-state index >= 15 is 0 Å². The zero-order chi connectivity index (χ0) is 16.4. The van der Waals surface area contributed by atoms with Crippen LogP contribution in [0.15, 0.2) is 46.3 Å². The molecule has 4 nitrogen and oxygen atoms in total. The lowest BCUT2D eigenvalue weighted by Crippen LogP contribution is -3.08. The second-order valence-electron chi connectivity index (χ2n) is 6.36. The summed E-state index contributed by atoms with van der Waals surface area (Å²) < 4.78 is 5.52. The minimum atomic E-state index is 0.573. The molecule has 0 amide bonds. The summed E-state index contributed by atoms with van der Waals surface area (Å²) in [6, 6.07) is 13.4. The molecule has 1 fully saturated rings. The Kier molecular flexibility index (Phi) is 4.45. The molecule has 0 saturated carbocycles. The highest BCUT2D eigenvalue weighted by molar-refractivity contribution is 7.10. The van der Waals surface area contributed by atoms with Gasteiger partial charge in [-0.1, -0.05) is 42.4 Å². The fraction of sp³-hybridized carbons (Fsp3) is 0.368. The Morgan fingerprint density at radius 3 is 2.88 bits per heavy atom. The third-order valence-corrected chi connectivity index (χ3v) is 5.82. The molecule has 3 aromatic rings. The number of nitrogens with zero attached hydrogens (tertiary/aromatic N) is 2. The Hall–Kier alpha value is -1.98. The maximum Gasteiger partial charge on any atom is 0.282 e. The molecule has 3 heterocycles. The summed E-state index contributed by atoms with van der Waals surface area (Å²) in [4.78, 5) is 7.63. The summed E-state index contributed by atoms with van der Waals surface area (Å²) >= 11 is 1.85. The van der Waals surface area contributed by atoms with Crippen LogP contribution in [0, 0.1) is 0 Å². The van der Waals surface area contributed by atoms with Crippen molar-refractivity contribution >= 4 is 11.3 Å². The first kappa shape index (κ1) is 15.5. The van der Waals surface area contributed by atoms with Crippen molar-refractivity contribution in [3.8, 4) is 11.4 Å². The van der Waals surface area contributed by atoms with Gasteiger partial charge in [-0.2, -0.15) is 4.98 Å². The lowest BCUT2D eigenvalue weighted by molar-refractivity contribution is -0.932. The first-order valence-electron chi connectivity index (χ1n) is 8.63. The van der Waals surface area contributed by atoms with Gasteiger partial charge in [0.1, 0.15) is 6.04 Å². The van der Waals surface area contributed by atoms with E-state index in [1.165, 1.54) is 34.7 Å². The Morgan fingerprint density at radius 1 is 1.25 bits per heavy atom. The quantitative estimate of drug-likeness (QED) is 0.775. The normalized spacial score (nSPS) is 20.5. The monoisotopic (exact) mass is 340 g/mol. The van der Waals surface area contributed by atoms with E-state index in [-0.39, 0.29) is 0 Å². The summed E-state index contributed by atoms with van der Waals surface area (Å²) in [5.41, 5.74) is 2.34. The van der Waals surface area contributed by atoms with Crippen molar-refractivity contribution in [2.45, 2.75) is 38.8 Å². The standard InChI is InChI=1S/C19H21N3OS/c1-2-14-7-9-15(10-8-14)19-20-18(23-21-19)13-22-11-3-5-16(22)17-6-4-12-24-17/h4,6-10,12,16H,2-3,5,11,13H2,1H3/p+1/t16-/m1/s1. The number of hydrogen-bond donors (Lipinski definition) is 1. The van der Waals surface area contributed by atoms with Crippen molar-refractivity contribution in [3.63, 3.8) is 0 Å². The molecule has 124 valence electrons. The molecule has 5 heteroatoms. The van der Waals surface area contributed by atoms with Gasteiger partial charge >= 0.3 is 0 Å². The predicted molar refractivity (Wildman–Crippen MR) is 94.9 cm³/mol. The number of thiophene rings is 1. The van der Waals surface area contributed by atoms with Crippen LogP contribution in [-0.2, 0) is 13.0 Å². The van der Waals surface area contributed by atoms with Gasteiger partial charge in [-0.3, -0.25) is 0 Å². The van der Waals surface area contributed by atoms with Gasteiger partial charge in [0.15, 0.2) is 6.54 Å². The third kappa shape index (κ3) is 3.14. The number of rotatable bonds is 5. The van der Waals surface area contributed by atoms with E-state index in [9.17, 15) is 0 Å². The fourth-order valence-electron chi connectivity index (χ4n) is 3.48. The van der Waals surface area contributed by atoms with Crippen LogP contribution < -0.4 is 4.90 Å². The molecule has 2 atom stereocenters. The Balaban J connectivity index is 1.48. The van der Waals surface area contributed by atoms with E-state index in [0.29, 0.717) is 11.9 Å². The average Bonchev–Trinajstić information content (AvgIpc) is 3.37. The maximum atomic E-state index is 5.52. The van der Waals surface area contributed by atoms with E-state index in [2.05, 4.69) is 58.8 Å². The summed E-state index contributed by atoms with van der Waals surface area (Å²) in [5, 5.41) is 6.34. The minimum absolute atomic E-state index is 0.573. The molecule has 1 unspecified atom stereocenters. The van der Waals surface area contributed by atoms with Gasteiger partial charge in [-0.05, 0) is 23.4 Å². The minimum Gasteiger partial charge on any atom is -0.333 e. The molecule has 0 aliphatic carbocycles. The summed E-state index contributed by atoms with van der Waals surface area (Å²) in [6.07, 6.45) is 3.55. The molecule has 0 bridgehead atoms. The number of likely N-dealkylation sites (tertiary alicyclic amines) is 1. The van der Waals surface area contributed by atoms with Crippen LogP contribution in [0.1, 0.15) is 42.1 Å². The number of hydrogen-bond acceptors (Lipinski definition) is 4. The first-order chi connectivity index (χ1) is 11.8. The van der Waals surface area contributed by atoms with Crippen LogP contribution in [0.4, 0.5) is 0 Å². The number of aromatic nitrogens is 2. The molecule has 1 aliphatic rings. The first-order valence-corrected chi connectivity index (χ1v) is 9.51. The summed E-state index contributed by atoms with van der Waals surface area (Å²) in [6.45, 7) is 4.14. The fourth-order valence-corrected chi connectivity index (χ4v) is 4.40. The average molecular weight is 340 g/mol. The van der Waals surface area contributed by atoms with Crippen molar-refractivity contribution in [2.24, 2.45) is 0 Å². The smallest absolute Gasteiger partial charge is 0.282 e. The van der Waals surface area contributed by atoms with Gasteiger partial charge in [0.25, 0.3) is 5.89 Å². The van der Waals surface area contributed by atoms with Crippen molar-refractivity contribution in [1.82, 2.24) is 10.1 Å². The zero-order valence-corrected chi connectivity index (χ0v) is 14.7. The van der Waals surface area contributed by atoms with Crippen molar-refractivity contribution in [3.05, 3.63) is 58.1 Å². The molecule has 0 spiro atoms. The second kappa shape index (κ2) is 6.87. The second-order valence-corrected chi connectivity index (χ2v) is 7.34. The predicted octanol–water partition coefficient (Wildman–Crippen LogP) is 3.28. The third-order valence-electron chi connectivity index (χ3n) is 4.84. The number of quaternary nitrogens is 1. The highest BCUT2D eigenvalue weighted by Gasteiger charge is 2.32. The number of aryl methyl sites for hydroxylation is 1. The van der Waals surface area contributed by atoms with Crippen LogP contribution in [-0.4, -0.2) is 16.7 Å². The largest absolute Gasteiger partial charge is 0.333 e. The Bertz CT molecular complexity index is 779. The van der Waals surface area contributed by atoms with Gasteiger partial charge in [-0.25, -0.2) is 0 Å². The number of nitrogens with one attached hydrogen (secondary N) is 1.